The van der Waals surface area contributed by atoms with Crippen LogP contribution in [0.5, 0.6) is 0 Å². The summed E-state index contributed by atoms with van der Waals surface area (Å²) in [4.78, 5) is 17.0. The number of rotatable bonds is 6. The van der Waals surface area contributed by atoms with Crippen molar-refractivity contribution in [3.8, 4) is 0 Å². The van der Waals surface area contributed by atoms with E-state index in [2.05, 4.69) is 10.3 Å². The number of nitrogens with zero attached hydrogens (tertiary/aromatic N) is 3. The van der Waals surface area contributed by atoms with Crippen molar-refractivity contribution in [2.75, 3.05) is 32.7 Å². The summed E-state index contributed by atoms with van der Waals surface area (Å²) in [5, 5.41) is 3.47. The lowest BCUT2D eigenvalue weighted by molar-refractivity contribution is 0.0929. The van der Waals surface area contributed by atoms with E-state index in [1.165, 1.54) is 39.1 Å². The van der Waals surface area contributed by atoms with Crippen LogP contribution in [0, 0.1) is 5.82 Å². The first kappa shape index (κ1) is 23.4. The Labute approximate surface area is 196 Å². The molecule has 0 saturated carbocycles. The average molecular weight is 501 g/mol. The molecular weight excluding hydrogens is 478 g/mol. The van der Waals surface area contributed by atoms with Crippen molar-refractivity contribution in [1.82, 2.24) is 18.9 Å². The number of halogens is 3. The molecule has 172 valence electrons. The molecule has 0 unspecified atom stereocenters. The topological polar surface area (TPSA) is 82.6 Å². The molecule has 2 saturated heterocycles. The number of carbonyl (C=O) groups excluding carboxylic acids is 1. The van der Waals surface area contributed by atoms with Gasteiger partial charge in [-0.25, -0.2) is 4.39 Å². The lowest BCUT2D eigenvalue weighted by Gasteiger charge is -2.43. The number of piperidine rings is 1. The van der Waals surface area contributed by atoms with Crippen LogP contribution in [0.15, 0.2) is 36.5 Å². The van der Waals surface area contributed by atoms with Crippen LogP contribution in [-0.4, -0.2) is 60.6 Å². The number of hydrogen-bond acceptors (Lipinski definition) is 4. The highest BCUT2D eigenvalue weighted by atomic mass is 35.5. The van der Waals surface area contributed by atoms with E-state index in [4.69, 9.17) is 23.2 Å². The molecule has 1 N–H and O–H groups in total. The molecule has 4 rings (SSSR count). The van der Waals surface area contributed by atoms with Crippen molar-refractivity contribution in [3.63, 3.8) is 0 Å². The summed E-state index contributed by atoms with van der Waals surface area (Å²) in [6.07, 6.45) is 3.00. The Morgan fingerprint density at radius 2 is 1.81 bits per heavy atom. The first-order chi connectivity index (χ1) is 15.2. The standard InChI is InChI=1S/C21H23Cl2FN4O3S/c22-15-4-5-16(17(23)13-15)20(29)26-14-21(19-18(24)3-1-8-25-19)6-11-28(12-7-21)32(30,31)27-9-2-10-27/h1,3-5,8,13H,2,6-7,9-12,14H2,(H,26,29). The molecule has 0 spiro atoms. The minimum absolute atomic E-state index is 0.0936. The number of hydrogen-bond donors (Lipinski definition) is 1. The van der Waals surface area contributed by atoms with Crippen LogP contribution in [0.25, 0.3) is 0 Å². The molecule has 0 atom stereocenters. The van der Waals surface area contributed by atoms with Crippen molar-refractivity contribution >= 4 is 39.3 Å². The van der Waals surface area contributed by atoms with Gasteiger partial charge in [0.1, 0.15) is 5.82 Å². The van der Waals surface area contributed by atoms with Gasteiger partial charge in [0, 0.05) is 49.4 Å². The third-order valence-electron chi connectivity index (χ3n) is 6.17. The fourth-order valence-electron chi connectivity index (χ4n) is 4.12. The van der Waals surface area contributed by atoms with E-state index >= 15 is 0 Å². The largest absolute Gasteiger partial charge is 0.351 e. The molecule has 0 aliphatic carbocycles. The molecule has 2 aliphatic rings. The van der Waals surface area contributed by atoms with Crippen molar-refractivity contribution in [2.24, 2.45) is 0 Å². The van der Waals surface area contributed by atoms with Gasteiger partial charge < -0.3 is 5.32 Å². The van der Waals surface area contributed by atoms with Gasteiger partial charge in [-0.3, -0.25) is 9.78 Å². The molecule has 0 radical (unpaired) electrons. The zero-order valence-electron chi connectivity index (χ0n) is 17.2. The van der Waals surface area contributed by atoms with E-state index < -0.39 is 27.3 Å². The molecule has 1 amide bonds. The summed E-state index contributed by atoms with van der Waals surface area (Å²) in [6, 6.07) is 7.39. The van der Waals surface area contributed by atoms with Crippen LogP contribution in [0.2, 0.25) is 10.0 Å². The fourth-order valence-corrected chi connectivity index (χ4v) is 6.30. The van der Waals surface area contributed by atoms with E-state index in [1.807, 2.05) is 0 Å². The highest BCUT2D eigenvalue weighted by Crippen LogP contribution is 2.37. The van der Waals surface area contributed by atoms with Crippen LogP contribution in [0.3, 0.4) is 0 Å². The number of aromatic nitrogens is 1. The van der Waals surface area contributed by atoms with E-state index in [-0.39, 0.29) is 35.9 Å². The number of amides is 1. The second kappa shape index (κ2) is 9.23. The Balaban J connectivity index is 1.55. The predicted octanol–water partition coefficient (Wildman–Crippen LogP) is 3.24. The monoisotopic (exact) mass is 500 g/mol. The lowest BCUT2D eigenvalue weighted by atomic mass is 9.75. The van der Waals surface area contributed by atoms with Crippen molar-refractivity contribution in [2.45, 2.75) is 24.7 Å². The maximum atomic E-state index is 14.7. The third-order valence-corrected chi connectivity index (χ3v) is 8.75. The first-order valence-corrected chi connectivity index (χ1v) is 12.5. The Hall–Kier alpha value is -1.78. The summed E-state index contributed by atoms with van der Waals surface area (Å²) in [5.74, 6) is -0.900. The molecule has 1 aromatic heterocycles. The van der Waals surface area contributed by atoms with Gasteiger partial charge in [0.15, 0.2) is 0 Å². The zero-order chi connectivity index (χ0) is 22.9. The highest BCUT2D eigenvalue weighted by molar-refractivity contribution is 7.86. The van der Waals surface area contributed by atoms with Crippen molar-refractivity contribution < 1.29 is 17.6 Å². The molecule has 2 aromatic rings. The van der Waals surface area contributed by atoms with Crippen molar-refractivity contribution in [3.05, 3.63) is 63.6 Å². The normalized spacial score (nSPS) is 19.3. The van der Waals surface area contributed by atoms with E-state index in [0.29, 0.717) is 31.0 Å². The van der Waals surface area contributed by atoms with Crippen LogP contribution in [0.1, 0.15) is 35.3 Å². The predicted molar refractivity (Wildman–Crippen MR) is 121 cm³/mol. The number of pyridine rings is 1. The number of benzene rings is 1. The molecule has 0 bridgehead atoms. The third kappa shape index (κ3) is 4.49. The minimum atomic E-state index is -3.52. The first-order valence-electron chi connectivity index (χ1n) is 10.3. The lowest BCUT2D eigenvalue weighted by Crippen LogP contribution is -2.56. The number of nitrogens with one attached hydrogen (secondary N) is 1. The molecule has 1 aromatic carbocycles. The summed E-state index contributed by atoms with van der Waals surface area (Å²) in [5.41, 5.74) is -0.366. The second-order valence-corrected chi connectivity index (χ2v) is 10.9. The molecule has 2 aliphatic heterocycles. The number of carbonyl (C=O) groups is 1. The zero-order valence-corrected chi connectivity index (χ0v) is 19.6. The Morgan fingerprint density at radius 1 is 1.12 bits per heavy atom. The molecule has 3 heterocycles. The Kier molecular flexibility index (Phi) is 6.74. The van der Waals surface area contributed by atoms with Gasteiger partial charge in [-0.2, -0.15) is 17.0 Å². The summed E-state index contributed by atoms with van der Waals surface area (Å²) >= 11 is 12.0. The summed E-state index contributed by atoms with van der Waals surface area (Å²) in [6.45, 7) is 1.57. The molecular formula is C21H23Cl2FN4O3S. The quantitative estimate of drug-likeness (QED) is 0.659. The Bertz CT molecular complexity index is 1120. The van der Waals surface area contributed by atoms with Gasteiger partial charge >= 0.3 is 0 Å². The highest BCUT2D eigenvalue weighted by Gasteiger charge is 2.44. The smallest absolute Gasteiger partial charge is 0.281 e. The van der Waals surface area contributed by atoms with Crippen LogP contribution in [0.4, 0.5) is 4.39 Å². The maximum Gasteiger partial charge on any atom is 0.281 e. The van der Waals surface area contributed by atoms with Crippen LogP contribution >= 0.6 is 23.2 Å². The van der Waals surface area contributed by atoms with Crippen LogP contribution in [-0.2, 0) is 15.6 Å². The average Bonchev–Trinajstić information content (AvgIpc) is 2.71. The second-order valence-electron chi connectivity index (χ2n) is 8.08. The maximum absolute atomic E-state index is 14.7. The molecule has 2 fully saturated rings. The minimum Gasteiger partial charge on any atom is -0.351 e. The Morgan fingerprint density at radius 3 is 2.41 bits per heavy atom. The fraction of sp³-hybridized carbons (Fsp3) is 0.429. The molecule has 7 nitrogen and oxygen atoms in total. The van der Waals surface area contributed by atoms with Gasteiger partial charge in [-0.15, -0.1) is 0 Å². The summed E-state index contributed by atoms with van der Waals surface area (Å²) in [7, 11) is -3.52. The van der Waals surface area contributed by atoms with Gasteiger partial charge in [-0.05, 0) is 49.6 Å². The van der Waals surface area contributed by atoms with E-state index in [9.17, 15) is 17.6 Å². The summed E-state index contributed by atoms with van der Waals surface area (Å²) < 4.78 is 43.2. The molecule has 11 heteroatoms. The van der Waals surface area contributed by atoms with Crippen molar-refractivity contribution in [1.29, 1.82) is 0 Å². The van der Waals surface area contributed by atoms with Gasteiger partial charge in [0.25, 0.3) is 16.1 Å². The van der Waals surface area contributed by atoms with Gasteiger partial charge in [-0.1, -0.05) is 23.2 Å². The SMILES string of the molecule is O=C(NCC1(c2ncccc2F)CCN(S(=O)(=O)N2CCC2)CC1)c1ccc(Cl)cc1Cl. The van der Waals surface area contributed by atoms with Gasteiger partial charge in [0.05, 0.1) is 16.3 Å². The molecule has 32 heavy (non-hydrogen) atoms. The van der Waals surface area contributed by atoms with E-state index in [1.54, 1.807) is 6.07 Å². The van der Waals surface area contributed by atoms with E-state index in [0.717, 1.165) is 6.42 Å². The van der Waals surface area contributed by atoms with Crippen LogP contribution < -0.4 is 5.32 Å². The van der Waals surface area contributed by atoms with Gasteiger partial charge in [0.2, 0.25) is 0 Å².